The second-order valence-corrected chi connectivity index (χ2v) is 7.34. The summed E-state index contributed by atoms with van der Waals surface area (Å²) in [6.45, 7) is 5.91. The number of methoxy groups -OCH3 is 1. The highest BCUT2D eigenvalue weighted by molar-refractivity contribution is 7.99. The van der Waals surface area contributed by atoms with Gasteiger partial charge in [-0.3, -0.25) is 9.36 Å². The Kier molecular flexibility index (Phi) is 6.41. The van der Waals surface area contributed by atoms with Crippen LogP contribution in [-0.4, -0.2) is 39.6 Å². The summed E-state index contributed by atoms with van der Waals surface area (Å²) in [5.41, 5.74) is 1.74. The van der Waals surface area contributed by atoms with Gasteiger partial charge in [-0.2, -0.15) is 0 Å². The van der Waals surface area contributed by atoms with Crippen molar-refractivity contribution in [3.63, 3.8) is 0 Å². The van der Waals surface area contributed by atoms with Crippen LogP contribution in [0.4, 0.5) is 0 Å². The molecule has 0 bridgehead atoms. The first kappa shape index (κ1) is 20.0. The van der Waals surface area contributed by atoms with Crippen LogP contribution in [0.3, 0.4) is 0 Å². The molecule has 1 N–H and O–H groups in total. The van der Waals surface area contributed by atoms with Crippen LogP contribution in [0.15, 0.2) is 46.2 Å². The SMILES string of the molecule is CC[C@H](C)NC(=O)CSc1nnc(-c2ccoc2C)n1-c1ccc(OC)cc1. The van der Waals surface area contributed by atoms with Crippen molar-refractivity contribution in [1.29, 1.82) is 0 Å². The smallest absolute Gasteiger partial charge is 0.230 e. The summed E-state index contributed by atoms with van der Waals surface area (Å²) in [7, 11) is 1.63. The molecule has 148 valence electrons. The van der Waals surface area contributed by atoms with Gasteiger partial charge in [-0.1, -0.05) is 18.7 Å². The third-order valence-corrected chi connectivity index (χ3v) is 5.34. The monoisotopic (exact) mass is 400 g/mol. The number of carbonyl (C=O) groups excluding carboxylic acids is 1. The average molecular weight is 401 g/mol. The van der Waals surface area contributed by atoms with Crippen molar-refractivity contribution >= 4 is 17.7 Å². The fourth-order valence-electron chi connectivity index (χ4n) is 2.67. The van der Waals surface area contributed by atoms with E-state index in [0.29, 0.717) is 11.0 Å². The van der Waals surface area contributed by atoms with Crippen LogP contribution in [0.2, 0.25) is 0 Å². The molecule has 3 aromatic rings. The molecule has 0 fully saturated rings. The molecule has 0 spiro atoms. The number of hydrogen-bond donors (Lipinski definition) is 1. The van der Waals surface area contributed by atoms with Crippen molar-refractivity contribution < 1.29 is 13.9 Å². The van der Waals surface area contributed by atoms with Gasteiger partial charge in [0, 0.05) is 6.04 Å². The molecule has 0 saturated heterocycles. The molecule has 3 rings (SSSR count). The van der Waals surface area contributed by atoms with Crippen molar-refractivity contribution in [3.8, 4) is 22.8 Å². The van der Waals surface area contributed by atoms with E-state index in [0.717, 1.165) is 29.2 Å². The van der Waals surface area contributed by atoms with Crippen molar-refractivity contribution in [2.75, 3.05) is 12.9 Å². The van der Waals surface area contributed by atoms with Gasteiger partial charge in [0.05, 0.1) is 30.4 Å². The Bertz CT molecular complexity index is 933. The zero-order valence-electron chi connectivity index (χ0n) is 16.4. The van der Waals surface area contributed by atoms with Crippen molar-refractivity contribution in [3.05, 3.63) is 42.4 Å². The Labute approximate surface area is 168 Å². The summed E-state index contributed by atoms with van der Waals surface area (Å²) in [5.74, 6) is 2.43. The van der Waals surface area contributed by atoms with Crippen LogP contribution < -0.4 is 10.1 Å². The van der Waals surface area contributed by atoms with Gasteiger partial charge in [-0.25, -0.2) is 0 Å². The van der Waals surface area contributed by atoms with Gasteiger partial charge in [0.15, 0.2) is 11.0 Å². The molecule has 0 aliphatic carbocycles. The molecule has 0 aliphatic rings. The van der Waals surface area contributed by atoms with E-state index in [4.69, 9.17) is 9.15 Å². The number of hydrogen-bond acceptors (Lipinski definition) is 6. The summed E-state index contributed by atoms with van der Waals surface area (Å²) in [5, 5.41) is 12.3. The summed E-state index contributed by atoms with van der Waals surface area (Å²) < 4.78 is 12.6. The molecule has 0 aliphatic heterocycles. The van der Waals surface area contributed by atoms with Gasteiger partial charge < -0.3 is 14.5 Å². The van der Waals surface area contributed by atoms with Gasteiger partial charge >= 0.3 is 0 Å². The van der Waals surface area contributed by atoms with Crippen LogP contribution in [0, 0.1) is 6.92 Å². The Morgan fingerprint density at radius 1 is 1.29 bits per heavy atom. The number of nitrogens with one attached hydrogen (secondary N) is 1. The summed E-state index contributed by atoms with van der Waals surface area (Å²) in [6, 6.07) is 9.64. The molecule has 0 radical (unpaired) electrons. The Hall–Kier alpha value is -2.74. The molecule has 2 aromatic heterocycles. The maximum absolute atomic E-state index is 12.2. The maximum atomic E-state index is 12.2. The summed E-state index contributed by atoms with van der Waals surface area (Å²) in [6.07, 6.45) is 2.52. The fourth-order valence-corrected chi connectivity index (χ4v) is 3.43. The van der Waals surface area contributed by atoms with E-state index >= 15 is 0 Å². The predicted octanol–water partition coefficient (Wildman–Crippen LogP) is 3.85. The number of aromatic nitrogens is 3. The Balaban J connectivity index is 1.92. The molecule has 1 amide bonds. The summed E-state index contributed by atoms with van der Waals surface area (Å²) >= 11 is 1.35. The number of thioether (sulfide) groups is 1. The van der Waals surface area contributed by atoms with Crippen molar-refractivity contribution in [2.24, 2.45) is 0 Å². The van der Waals surface area contributed by atoms with E-state index < -0.39 is 0 Å². The van der Waals surface area contributed by atoms with E-state index in [-0.39, 0.29) is 17.7 Å². The third kappa shape index (κ3) is 4.39. The van der Waals surface area contributed by atoms with Gasteiger partial charge in [-0.05, 0) is 50.6 Å². The second-order valence-electron chi connectivity index (χ2n) is 6.40. The zero-order valence-corrected chi connectivity index (χ0v) is 17.2. The molecule has 2 heterocycles. The van der Waals surface area contributed by atoms with Crippen LogP contribution in [0.5, 0.6) is 5.75 Å². The maximum Gasteiger partial charge on any atom is 0.230 e. The van der Waals surface area contributed by atoms with Crippen LogP contribution >= 0.6 is 11.8 Å². The fraction of sp³-hybridized carbons (Fsp3) is 0.350. The molecule has 1 aromatic carbocycles. The molecule has 7 nitrogen and oxygen atoms in total. The van der Waals surface area contributed by atoms with Crippen molar-refractivity contribution in [1.82, 2.24) is 20.1 Å². The number of aryl methyl sites for hydroxylation is 1. The third-order valence-electron chi connectivity index (χ3n) is 4.42. The highest BCUT2D eigenvalue weighted by Crippen LogP contribution is 2.30. The van der Waals surface area contributed by atoms with Gasteiger partial charge in [-0.15, -0.1) is 10.2 Å². The predicted molar refractivity (Wildman–Crippen MR) is 109 cm³/mol. The topological polar surface area (TPSA) is 82.2 Å². The Morgan fingerprint density at radius 2 is 2.04 bits per heavy atom. The van der Waals surface area contributed by atoms with Crippen molar-refractivity contribution in [2.45, 2.75) is 38.4 Å². The minimum Gasteiger partial charge on any atom is -0.497 e. The lowest BCUT2D eigenvalue weighted by atomic mass is 10.2. The minimum absolute atomic E-state index is 0.0235. The van der Waals surface area contributed by atoms with E-state index in [9.17, 15) is 4.79 Å². The first-order chi connectivity index (χ1) is 13.5. The molecule has 0 unspecified atom stereocenters. The number of nitrogens with zero attached hydrogens (tertiary/aromatic N) is 3. The lowest BCUT2D eigenvalue weighted by Gasteiger charge is -2.12. The van der Waals surface area contributed by atoms with Gasteiger partial charge in [0.1, 0.15) is 11.5 Å². The lowest BCUT2D eigenvalue weighted by molar-refractivity contribution is -0.119. The number of benzene rings is 1. The summed E-state index contributed by atoms with van der Waals surface area (Å²) in [4.78, 5) is 12.2. The van der Waals surface area contributed by atoms with Gasteiger partial charge in [0.2, 0.25) is 5.91 Å². The molecular formula is C20H24N4O3S. The minimum atomic E-state index is -0.0235. The van der Waals surface area contributed by atoms with E-state index in [2.05, 4.69) is 15.5 Å². The zero-order chi connectivity index (χ0) is 20.1. The number of furan rings is 1. The molecule has 0 saturated carbocycles. The van der Waals surface area contributed by atoms with Crippen LogP contribution in [0.25, 0.3) is 17.1 Å². The van der Waals surface area contributed by atoms with Crippen LogP contribution in [0.1, 0.15) is 26.0 Å². The second kappa shape index (κ2) is 8.97. The number of carbonyl (C=O) groups is 1. The average Bonchev–Trinajstić information content (AvgIpc) is 3.31. The standard InChI is InChI=1S/C20H24N4O3S/c1-5-13(2)21-18(25)12-28-20-23-22-19(17-10-11-27-14(17)3)24(20)15-6-8-16(26-4)9-7-15/h6-11,13H,5,12H2,1-4H3,(H,21,25)/t13-/m0/s1. The normalized spacial score (nSPS) is 12.0. The molecule has 8 heteroatoms. The van der Waals surface area contributed by atoms with Crippen LogP contribution in [-0.2, 0) is 4.79 Å². The highest BCUT2D eigenvalue weighted by Gasteiger charge is 2.20. The molecular weight excluding hydrogens is 376 g/mol. The first-order valence-corrected chi connectivity index (χ1v) is 10.1. The molecule has 1 atom stereocenters. The number of amides is 1. The van der Waals surface area contributed by atoms with E-state index in [1.807, 2.05) is 55.7 Å². The quantitative estimate of drug-likeness (QED) is 0.579. The number of ether oxygens (including phenoxy) is 1. The largest absolute Gasteiger partial charge is 0.497 e. The lowest BCUT2D eigenvalue weighted by Crippen LogP contribution is -2.33. The first-order valence-electron chi connectivity index (χ1n) is 9.10. The highest BCUT2D eigenvalue weighted by atomic mass is 32.2. The van der Waals surface area contributed by atoms with Gasteiger partial charge in [0.25, 0.3) is 0 Å². The number of rotatable bonds is 8. The molecule has 28 heavy (non-hydrogen) atoms. The van der Waals surface area contributed by atoms with E-state index in [1.54, 1.807) is 13.4 Å². The van der Waals surface area contributed by atoms with E-state index in [1.165, 1.54) is 11.8 Å². The Morgan fingerprint density at radius 3 is 2.64 bits per heavy atom.